The molecule has 0 aliphatic heterocycles. The van der Waals surface area contributed by atoms with Crippen LogP contribution in [0.1, 0.15) is 23.0 Å². The highest BCUT2D eigenvalue weighted by molar-refractivity contribution is 5.92. The first-order valence-corrected chi connectivity index (χ1v) is 8.34. The summed E-state index contributed by atoms with van der Waals surface area (Å²) in [5.41, 5.74) is 2.10. The molecule has 0 bridgehead atoms. The van der Waals surface area contributed by atoms with E-state index in [4.69, 9.17) is 4.74 Å². The molecule has 0 fully saturated rings. The molecule has 6 heteroatoms. The minimum absolute atomic E-state index is 0.166. The lowest BCUT2D eigenvalue weighted by Gasteiger charge is -2.18. The van der Waals surface area contributed by atoms with Gasteiger partial charge in [-0.15, -0.1) is 0 Å². The number of aromatic nitrogens is 2. The van der Waals surface area contributed by atoms with Gasteiger partial charge in [0, 0.05) is 19.3 Å². The van der Waals surface area contributed by atoms with Crippen LogP contribution in [-0.2, 0) is 6.54 Å². The molecule has 3 rings (SSSR count). The minimum Gasteiger partial charge on any atom is -0.494 e. The van der Waals surface area contributed by atoms with Crippen molar-refractivity contribution in [1.82, 2.24) is 14.5 Å². The summed E-state index contributed by atoms with van der Waals surface area (Å²) in [5.74, 6) is 0.315. The van der Waals surface area contributed by atoms with Crippen LogP contribution in [0.5, 0.6) is 5.75 Å². The fourth-order valence-corrected chi connectivity index (χ4v) is 2.66. The molecule has 2 aromatic carbocycles. The molecular weight excluding hydrogens is 333 g/mol. The van der Waals surface area contributed by atoms with Gasteiger partial charge in [-0.05, 0) is 48.9 Å². The normalized spacial score (nSPS) is 10.6. The molecule has 134 valence electrons. The van der Waals surface area contributed by atoms with Crippen LogP contribution in [0, 0.1) is 5.82 Å². The average Bonchev–Trinajstić information content (AvgIpc) is 3.13. The average molecular weight is 353 g/mol. The third kappa shape index (κ3) is 3.91. The zero-order chi connectivity index (χ0) is 18.5. The van der Waals surface area contributed by atoms with Crippen molar-refractivity contribution in [1.29, 1.82) is 0 Å². The Morgan fingerprint density at radius 2 is 1.85 bits per heavy atom. The maximum atomic E-state index is 13.1. The van der Waals surface area contributed by atoms with Crippen LogP contribution < -0.4 is 4.74 Å². The molecule has 5 nitrogen and oxygen atoms in total. The standard InChI is InChI=1S/C20H20FN3O2/c1-3-26-18-10-4-15(5-11-18)13-23(2)20(25)19-12-22-14-24(19)17-8-6-16(21)7-9-17/h4-12,14H,3,13H2,1-2H3. The number of amides is 1. The molecule has 1 aromatic heterocycles. The molecule has 1 heterocycles. The molecule has 0 atom stereocenters. The summed E-state index contributed by atoms with van der Waals surface area (Å²) < 4.78 is 20.2. The number of halogens is 1. The number of benzene rings is 2. The van der Waals surface area contributed by atoms with Crippen molar-refractivity contribution in [2.24, 2.45) is 0 Å². The van der Waals surface area contributed by atoms with E-state index >= 15 is 0 Å². The van der Waals surface area contributed by atoms with E-state index in [0.29, 0.717) is 24.5 Å². The van der Waals surface area contributed by atoms with E-state index in [0.717, 1.165) is 11.3 Å². The van der Waals surface area contributed by atoms with E-state index in [-0.39, 0.29) is 11.7 Å². The molecule has 3 aromatic rings. The van der Waals surface area contributed by atoms with Crippen molar-refractivity contribution in [3.63, 3.8) is 0 Å². The van der Waals surface area contributed by atoms with Crippen LogP contribution in [0.2, 0.25) is 0 Å². The van der Waals surface area contributed by atoms with Crippen molar-refractivity contribution >= 4 is 5.91 Å². The van der Waals surface area contributed by atoms with Crippen LogP contribution in [0.15, 0.2) is 61.1 Å². The zero-order valence-electron chi connectivity index (χ0n) is 14.7. The summed E-state index contributed by atoms with van der Waals surface area (Å²) in [6, 6.07) is 13.6. The summed E-state index contributed by atoms with van der Waals surface area (Å²) in [4.78, 5) is 18.5. The van der Waals surface area contributed by atoms with Gasteiger partial charge in [-0.3, -0.25) is 9.36 Å². The molecule has 0 aliphatic carbocycles. The quantitative estimate of drug-likeness (QED) is 0.679. The molecule has 0 N–H and O–H groups in total. The molecule has 0 radical (unpaired) electrons. The second kappa shape index (κ2) is 7.82. The Kier molecular flexibility index (Phi) is 5.31. The van der Waals surface area contributed by atoms with Crippen LogP contribution in [0.25, 0.3) is 5.69 Å². The molecular formula is C20H20FN3O2. The van der Waals surface area contributed by atoms with E-state index in [2.05, 4.69) is 4.98 Å². The summed E-state index contributed by atoms with van der Waals surface area (Å²) in [6.07, 6.45) is 3.06. The number of carbonyl (C=O) groups excluding carboxylic acids is 1. The summed E-state index contributed by atoms with van der Waals surface area (Å²) in [6.45, 7) is 3.01. The number of hydrogen-bond donors (Lipinski definition) is 0. The van der Waals surface area contributed by atoms with Gasteiger partial charge in [0.05, 0.1) is 19.1 Å². The van der Waals surface area contributed by atoms with Gasteiger partial charge in [0.1, 0.15) is 17.3 Å². The Morgan fingerprint density at radius 3 is 2.50 bits per heavy atom. The van der Waals surface area contributed by atoms with Gasteiger partial charge < -0.3 is 9.64 Å². The Balaban J connectivity index is 1.75. The van der Waals surface area contributed by atoms with E-state index in [9.17, 15) is 9.18 Å². The van der Waals surface area contributed by atoms with Gasteiger partial charge >= 0.3 is 0 Å². The van der Waals surface area contributed by atoms with Gasteiger partial charge in [-0.1, -0.05) is 12.1 Å². The second-order valence-corrected chi connectivity index (χ2v) is 5.86. The maximum absolute atomic E-state index is 13.1. The zero-order valence-corrected chi connectivity index (χ0v) is 14.7. The highest BCUT2D eigenvalue weighted by Gasteiger charge is 2.17. The number of rotatable bonds is 6. The monoisotopic (exact) mass is 353 g/mol. The van der Waals surface area contributed by atoms with Crippen LogP contribution in [-0.4, -0.2) is 34.0 Å². The Hall–Kier alpha value is -3.15. The fraction of sp³-hybridized carbons (Fsp3) is 0.200. The van der Waals surface area contributed by atoms with E-state index < -0.39 is 0 Å². The Labute approximate surface area is 151 Å². The molecule has 0 saturated heterocycles. The van der Waals surface area contributed by atoms with Gasteiger partial charge in [0.2, 0.25) is 0 Å². The van der Waals surface area contributed by atoms with Crippen molar-refractivity contribution in [2.75, 3.05) is 13.7 Å². The van der Waals surface area contributed by atoms with Crippen LogP contribution in [0.4, 0.5) is 4.39 Å². The molecule has 0 aliphatic rings. The van der Waals surface area contributed by atoms with Gasteiger partial charge in [0.25, 0.3) is 5.91 Å². The topological polar surface area (TPSA) is 47.4 Å². The molecule has 26 heavy (non-hydrogen) atoms. The number of nitrogens with zero attached hydrogens (tertiary/aromatic N) is 3. The van der Waals surface area contributed by atoms with Crippen molar-refractivity contribution in [3.05, 3.63) is 78.1 Å². The first kappa shape index (κ1) is 17.7. The summed E-state index contributed by atoms with van der Waals surface area (Å²) in [7, 11) is 1.74. The number of imidazole rings is 1. The fourth-order valence-electron chi connectivity index (χ4n) is 2.66. The van der Waals surface area contributed by atoms with Crippen molar-refractivity contribution in [2.45, 2.75) is 13.5 Å². The van der Waals surface area contributed by atoms with E-state index in [1.165, 1.54) is 18.3 Å². The largest absolute Gasteiger partial charge is 0.494 e. The van der Waals surface area contributed by atoms with Gasteiger partial charge in [-0.25, -0.2) is 9.37 Å². The predicted octanol–water partition coefficient (Wildman–Crippen LogP) is 3.68. The van der Waals surface area contributed by atoms with Crippen LogP contribution in [0.3, 0.4) is 0 Å². The minimum atomic E-state index is -0.325. The lowest BCUT2D eigenvalue weighted by molar-refractivity contribution is 0.0777. The summed E-state index contributed by atoms with van der Waals surface area (Å²) >= 11 is 0. The van der Waals surface area contributed by atoms with E-state index in [1.807, 2.05) is 31.2 Å². The smallest absolute Gasteiger partial charge is 0.272 e. The Bertz CT molecular complexity index is 873. The predicted molar refractivity (Wildman–Crippen MR) is 96.9 cm³/mol. The van der Waals surface area contributed by atoms with Crippen molar-refractivity contribution < 1.29 is 13.9 Å². The SMILES string of the molecule is CCOc1ccc(CN(C)C(=O)c2cncn2-c2ccc(F)cc2)cc1. The maximum Gasteiger partial charge on any atom is 0.272 e. The molecule has 0 unspecified atom stereocenters. The Morgan fingerprint density at radius 1 is 1.15 bits per heavy atom. The highest BCUT2D eigenvalue weighted by Crippen LogP contribution is 2.16. The van der Waals surface area contributed by atoms with Gasteiger partial charge in [-0.2, -0.15) is 0 Å². The first-order valence-electron chi connectivity index (χ1n) is 8.34. The molecule has 1 amide bonds. The van der Waals surface area contributed by atoms with Crippen molar-refractivity contribution in [3.8, 4) is 11.4 Å². The third-order valence-corrected chi connectivity index (χ3v) is 3.96. The number of ether oxygens (including phenoxy) is 1. The van der Waals surface area contributed by atoms with Crippen LogP contribution >= 0.6 is 0 Å². The lowest BCUT2D eigenvalue weighted by Crippen LogP contribution is -2.28. The van der Waals surface area contributed by atoms with E-state index in [1.54, 1.807) is 35.0 Å². The third-order valence-electron chi connectivity index (χ3n) is 3.96. The second-order valence-electron chi connectivity index (χ2n) is 5.86. The lowest BCUT2D eigenvalue weighted by atomic mass is 10.2. The highest BCUT2D eigenvalue weighted by atomic mass is 19.1. The number of hydrogen-bond acceptors (Lipinski definition) is 3. The molecule has 0 spiro atoms. The number of carbonyl (C=O) groups is 1. The van der Waals surface area contributed by atoms with Gasteiger partial charge in [0.15, 0.2) is 0 Å². The summed E-state index contributed by atoms with van der Waals surface area (Å²) in [5, 5.41) is 0. The first-order chi connectivity index (χ1) is 12.6. The molecule has 0 saturated carbocycles.